The molecule has 1 heterocycles. The van der Waals surface area contributed by atoms with Crippen LogP contribution in [0, 0.1) is 16.0 Å². The van der Waals surface area contributed by atoms with Gasteiger partial charge in [-0.1, -0.05) is 29.4 Å². The van der Waals surface area contributed by atoms with Gasteiger partial charge in [0.15, 0.2) is 5.03 Å². The van der Waals surface area contributed by atoms with Crippen molar-refractivity contribution >= 4 is 28.5 Å². The number of nitrogens with one attached hydrogen (secondary N) is 1. The second-order valence-electron chi connectivity index (χ2n) is 5.44. The lowest BCUT2D eigenvalue weighted by atomic mass is 10.2. The average molecular weight is 358 g/mol. The quantitative estimate of drug-likeness (QED) is 0.253. The first-order chi connectivity index (χ1) is 11.1. The number of halogens is 1. The molecule has 126 valence electrons. The number of hydrogen-bond donors (Lipinski definition) is 1. The van der Waals surface area contributed by atoms with E-state index in [-0.39, 0.29) is 0 Å². The lowest BCUT2D eigenvalue weighted by molar-refractivity contribution is -0.484. The van der Waals surface area contributed by atoms with E-state index in [1.165, 1.54) is 24.6 Å². The Kier molecular flexibility index (Phi) is 7.07. The maximum atomic E-state index is 10.4. The highest BCUT2D eigenvalue weighted by molar-refractivity contribution is 8.13. The van der Waals surface area contributed by atoms with Gasteiger partial charge in [0.2, 0.25) is 5.17 Å². The van der Waals surface area contributed by atoms with Crippen molar-refractivity contribution in [3.05, 3.63) is 39.2 Å². The predicted octanol–water partition coefficient (Wildman–Crippen LogP) is 2.45. The van der Waals surface area contributed by atoms with Crippen LogP contribution in [0.3, 0.4) is 0 Å². The number of hydrazone groups is 1. The van der Waals surface area contributed by atoms with Crippen molar-refractivity contribution in [1.29, 1.82) is 0 Å². The molecule has 0 aliphatic heterocycles. The summed E-state index contributed by atoms with van der Waals surface area (Å²) in [5, 5.41) is 16.9. The normalized spacial score (nSPS) is 15.0. The summed E-state index contributed by atoms with van der Waals surface area (Å²) in [5.41, 5.74) is 1.11. The second kappa shape index (κ2) is 9.05. The Morgan fingerprint density at radius 2 is 2.39 bits per heavy atom. The fraction of sp³-hybridized carbons (Fsp3) is 0.571. The van der Waals surface area contributed by atoms with Crippen LogP contribution in [0.2, 0.25) is 5.15 Å². The zero-order chi connectivity index (χ0) is 16.7. The van der Waals surface area contributed by atoms with E-state index in [0.29, 0.717) is 16.9 Å². The molecule has 1 aliphatic carbocycles. The maximum Gasteiger partial charge on any atom is 0.234 e. The second-order valence-corrected chi connectivity index (χ2v) is 6.62. The van der Waals surface area contributed by atoms with Gasteiger partial charge in [0.05, 0.1) is 5.10 Å². The zero-order valence-electron chi connectivity index (χ0n) is 12.9. The number of rotatable bonds is 8. The van der Waals surface area contributed by atoms with Crippen molar-refractivity contribution < 1.29 is 5.03 Å². The summed E-state index contributed by atoms with van der Waals surface area (Å²) in [6, 6.07) is 3.77. The largest absolute Gasteiger partial charge is 0.358 e. The number of aromatic nitrogens is 1. The van der Waals surface area contributed by atoms with E-state index < -0.39 is 5.03 Å². The first-order valence-electron chi connectivity index (χ1n) is 7.40. The van der Waals surface area contributed by atoms with Gasteiger partial charge >= 0.3 is 0 Å². The van der Waals surface area contributed by atoms with E-state index in [2.05, 4.69) is 20.3 Å². The highest BCUT2D eigenvalue weighted by atomic mass is 35.5. The Labute approximate surface area is 144 Å². The minimum absolute atomic E-state index is 0.328. The van der Waals surface area contributed by atoms with Gasteiger partial charge in [0.1, 0.15) is 5.15 Å². The van der Waals surface area contributed by atoms with Crippen LogP contribution in [0.25, 0.3) is 0 Å². The molecule has 9 heteroatoms. The van der Waals surface area contributed by atoms with Crippen molar-refractivity contribution in [2.24, 2.45) is 11.0 Å². The van der Waals surface area contributed by atoms with E-state index in [4.69, 9.17) is 11.6 Å². The van der Waals surface area contributed by atoms with Crippen molar-refractivity contribution in [1.82, 2.24) is 15.2 Å². The molecule has 1 aromatic heterocycles. The number of nitrogens with zero attached hydrogens (tertiary/aromatic N) is 4. The minimum atomic E-state index is -0.680. The predicted molar refractivity (Wildman–Crippen MR) is 93.2 cm³/mol. The molecule has 1 aliphatic rings. The summed E-state index contributed by atoms with van der Waals surface area (Å²) in [4.78, 5) is 16.9. The van der Waals surface area contributed by atoms with Crippen LogP contribution in [-0.4, -0.2) is 46.0 Å². The first-order valence-corrected chi connectivity index (χ1v) is 9.00. The Hall–Kier alpha value is -1.38. The monoisotopic (exact) mass is 357 g/mol. The van der Waals surface area contributed by atoms with Gasteiger partial charge in [-0.3, -0.25) is 4.90 Å². The van der Waals surface area contributed by atoms with Gasteiger partial charge < -0.3 is 5.32 Å². The smallest absolute Gasteiger partial charge is 0.234 e. The number of hydrogen-bond acceptors (Lipinski definition) is 5. The number of amidine groups is 1. The zero-order valence-corrected chi connectivity index (χ0v) is 14.5. The minimum Gasteiger partial charge on any atom is -0.358 e. The molecule has 1 fully saturated rings. The molecule has 0 aromatic carbocycles. The molecule has 0 unspecified atom stereocenters. The topological polar surface area (TPSA) is 83.7 Å². The van der Waals surface area contributed by atoms with Gasteiger partial charge in [0.25, 0.3) is 0 Å². The molecular weight excluding hydrogens is 338 g/mol. The van der Waals surface area contributed by atoms with E-state index in [1.54, 1.807) is 18.5 Å². The highest BCUT2D eigenvalue weighted by Crippen LogP contribution is 2.30. The molecule has 23 heavy (non-hydrogen) atoms. The maximum absolute atomic E-state index is 10.4. The van der Waals surface area contributed by atoms with E-state index in [1.807, 2.05) is 6.07 Å². The number of thioether (sulfide) groups is 1. The van der Waals surface area contributed by atoms with E-state index in [9.17, 15) is 10.1 Å². The standard InChI is InChI=1S/C14H20ClN5O2S/c1-23-14(18-20(21)22)16-6-7-19(9-11-2-3-11)10-12-4-5-13(15)17-8-12/h4-5,8,11H,2-3,6-7,9-10H2,1H3,(H,16,18). The van der Waals surface area contributed by atoms with Crippen LogP contribution in [0.5, 0.6) is 0 Å². The molecule has 0 atom stereocenters. The van der Waals surface area contributed by atoms with Crippen molar-refractivity contribution in [3.63, 3.8) is 0 Å². The molecule has 0 saturated heterocycles. The van der Waals surface area contributed by atoms with Gasteiger partial charge in [0, 0.05) is 32.4 Å². The summed E-state index contributed by atoms with van der Waals surface area (Å²) >= 11 is 7.05. The van der Waals surface area contributed by atoms with E-state index in [0.717, 1.165) is 31.1 Å². The third kappa shape index (κ3) is 7.15. The molecule has 2 rings (SSSR count). The van der Waals surface area contributed by atoms with Crippen LogP contribution in [0.15, 0.2) is 23.4 Å². The van der Waals surface area contributed by atoms with Gasteiger partial charge in [-0.15, -0.1) is 0 Å². The van der Waals surface area contributed by atoms with Crippen LogP contribution in [0.1, 0.15) is 18.4 Å². The molecule has 0 bridgehead atoms. The summed E-state index contributed by atoms with van der Waals surface area (Å²) in [5.74, 6) is 0.766. The molecular formula is C14H20ClN5O2S. The fourth-order valence-electron chi connectivity index (χ4n) is 2.20. The number of nitro groups is 1. The Balaban J connectivity index is 1.85. The van der Waals surface area contributed by atoms with Crippen molar-refractivity contribution in [2.45, 2.75) is 19.4 Å². The highest BCUT2D eigenvalue weighted by Gasteiger charge is 2.24. The Morgan fingerprint density at radius 3 is 2.96 bits per heavy atom. The summed E-state index contributed by atoms with van der Waals surface area (Å²) < 4.78 is 0. The molecule has 1 aromatic rings. The molecule has 0 spiro atoms. The third-order valence-electron chi connectivity index (χ3n) is 3.48. The van der Waals surface area contributed by atoms with E-state index >= 15 is 0 Å². The first kappa shape index (κ1) is 18.0. The molecule has 0 amide bonds. The molecule has 7 nitrogen and oxygen atoms in total. The summed E-state index contributed by atoms with van der Waals surface area (Å²) in [6.07, 6.45) is 6.11. The fourth-order valence-corrected chi connectivity index (χ4v) is 2.71. The summed E-state index contributed by atoms with van der Waals surface area (Å²) in [6.45, 7) is 3.23. The van der Waals surface area contributed by atoms with Crippen LogP contribution >= 0.6 is 23.4 Å². The Morgan fingerprint density at radius 1 is 1.61 bits per heavy atom. The SMILES string of the molecule is CS/C(=N\[N+](=O)[O-])NCCN(Cc1ccc(Cl)nc1)CC1CC1. The van der Waals surface area contributed by atoms with Gasteiger partial charge in [-0.05, 0) is 36.6 Å². The van der Waals surface area contributed by atoms with Crippen molar-refractivity contribution in [3.8, 4) is 0 Å². The molecule has 1 saturated carbocycles. The number of pyridine rings is 1. The summed E-state index contributed by atoms with van der Waals surface area (Å²) in [7, 11) is 0. The lowest BCUT2D eigenvalue weighted by Crippen LogP contribution is -2.35. The van der Waals surface area contributed by atoms with Crippen LogP contribution < -0.4 is 5.32 Å². The van der Waals surface area contributed by atoms with Crippen LogP contribution in [-0.2, 0) is 6.54 Å². The molecule has 0 radical (unpaired) electrons. The van der Waals surface area contributed by atoms with Crippen molar-refractivity contribution in [2.75, 3.05) is 25.9 Å². The van der Waals surface area contributed by atoms with Crippen LogP contribution in [0.4, 0.5) is 0 Å². The molecule has 1 N–H and O–H groups in total. The lowest BCUT2D eigenvalue weighted by Gasteiger charge is -2.22. The third-order valence-corrected chi connectivity index (χ3v) is 4.31. The van der Waals surface area contributed by atoms with Gasteiger partial charge in [-0.2, -0.15) is 0 Å². The Bertz CT molecular complexity index is 551. The average Bonchev–Trinajstić information content (AvgIpc) is 3.32. The van der Waals surface area contributed by atoms with Gasteiger partial charge in [-0.25, -0.2) is 15.1 Å².